The van der Waals surface area contributed by atoms with Gasteiger partial charge >= 0.3 is 0 Å². The summed E-state index contributed by atoms with van der Waals surface area (Å²) in [6, 6.07) is 16.9. The summed E-state index contributed by atoms with van der Waals surface area (Å²) in [5.41, 5.74) is 24.9. The van der Waals surface area contributed by atoms with Crippen molar-refractivity contribution in [3.8, 4) is 23.0 Å². The summed E-state index contributed by atoms with van der Waals surface area (Å²) in [5, 5.41) is 0. The van der Waals surface area contributed by atoms with Crippen LogP contribution in [0.4, 0.5) is 22.7 Å². The monoisotopic (exact) mass is 608 g/mol. The molecule has 0 spiro atoms. The van der Waals surface area contributed by atoms with Crippen LogP contribution in [-0.2, 0) is 0 Å². The number of ether oxygens (including phenoxy) is 2. The van der Waals surface area contributed by atoms with Crippen molar-refractivity contribution in [1.82, 2.24) is 0 Å². The standard InChI is InChI=1S/C26H18Br2N4O4/c27-11-3-1-5-13(7-11)35-17-9-15(29)19-21(23(17)31)25(33)20-16(30)10-18(24(32)22(20)26(19)34)36-14-6-2-4-12(28)8-14/h1-10H,29-32H2. The summed E-state index contributed by atoms with van der Waals surface area (Å²) in [7, 11) is 0. The number of anilines is 4. The predicted molar refractivity (Wildman–Crippen MR) is 146 cm³/mol. The predicted octanol–water partition coefficient (Wildman–Crippen LogP) is 5.90. The molecule has 0 unspecified atom stereocenters. The number of hydrogen-bond acceptors (Lipinski definition) is 8. The molecule has 8 N–H and O–H groups in total. The topological polar surface area (TPSA) is 157 Å². The molecule has 5 rings (SSSR count). The second kappa shape index (κ2) is 8.89. The average molecular weight is 610 g/mol. The molecule has 0 saturated heterocycles. The van der Waals surface area contributed by atoms with Crippen LogP contribution in [0.15, 0.2) is 69.6 Å². The van der Waals surface area contributed by atoms with Crippen molar-refractivity contribution in [2.45, 2.75) is 0 Å². The SMILES string of the molecule is Nc1cc(Oc2cccc(Br)c2)c(N)c2c1C(=O)c1c(N)c(Oc3cccc(Br)c3)cc(N)c1C2=O. The lowest BCUT2D eigenvalue weighted by atomic mass is 9.80. The zero-order valence-electron chi connectivity index (χ0n) is 18.5. The number of ketones is 2. The van der Waals surface area contributed by atoms with Crippen LogP contribution in [0, 0.1) is 0 Å². The van der Waals surface area contributed by atoms with Crippen molar-refractivity contribution in [3.63, 3.8) is 0 Å². The van der Waals surface area contributed by atoms with E-state index in [1.807, 2.05) is 12.1 Å². The van der Waals surface area contributed by atoms with Crippen LogP contribution in [0.3, 0.4) is 0 Å². The van der Waals surface area contributed by atoms with Crippen LogP contribution in [0.2, 0.25) is 0 Å². The Morgan fingerprint density at radius 2 is 0.944 bits per heavy atom. The molecule has 0 aromatic heterocycles. The molecule has 1 aliphatic carbocycles. The minimum absolute atomic E-state index is 0.0180. The van der Waals surface area contributed by atoms with Gasteiger partial charge in [-0.2, -0.15) is 0 Å². The first-order valence-corrected chi connectivity index (χ1v) is 12.1. The Kier molecular flexibility index (Phi) is 5.85. The minimum Gasteiger partial charge on any atom is -0.455 e. The lowest BCUT2D eigenvalue weighted by Gasteiger charge is -2.25. The second-order valence-electron chi connectivity index (χ2n) is 8.03. The molecule has 4 aromatic rings. The van der Waals surface area contributed by atoms with Crippen molar-refractivity contribution >= 4 is 66.2 Å². The van der Waals surface area contributed by atoms with Crippen LogP contribution in [0.1, 0.15) is 31.8 Å². The molecule has 180 valence electrons. The molecule has 0 amide bonds. The zero-order valence-corrected chi connectivity index (χ0v) is 21.6. The minimum atomic E-state index is -0.582. The second-order valence-corrected chi connectivity index (χ2v) is 9.86. The highest BCUT2D eigenvalue weighted by Gasteiger charge is 2.38. The third-order valence-corrected chi connectivity index (χ3v) is 6.66. The molecule has 0 fully saturated rings. The van der Waals surface area contributed by atoms with Gasteiger partial charge in [-0.15, -0.1) is 0 Å². The van der Waals surface area contributed by atoms with Gasteiger partial charge in [0.1, 0.15) is 11.5 Å². The summed E-state index contributed by atoms with van der Waals surface area (Å²) < 4.78 is 13.3. The summed E-state index contributed by atoms with van der Waals surface area (Å²) in [5.74, 6) is 0.0283. The highest BCUT2D eigenvalue weighted by Crippen LogP contribution is 2.46. The van der Waals surface area contributed by atoms with E-state index in [0.29, 0.717) is 11.5 Å². The van der Waals surface area contributed by atoms with Crippen LogP contribution >= 0.6 is 31.9 Å². The lowest BCUT2D eigenvalue weighted by molar-refractivity contribution is 0.0981. The van der Waals surface area contributed by atoms with Gasteiger partial charge in [-0.25, -0.2) is 0 Å². The molecule has 0 radical (unpaired) electrons. The van der Waals surface area contributed by atoms with E-state index < -0.39 is 11.6 Å². The number of hydrogen-bond donors (Lipinski definition) is 4. The summed E-state index contributed by atoms with van der Waals surface area (Å²) in [6.07, 6.45) is 0. The Morgan fingerprint density at radius 3 is 1.31 bits per heavy atom. The number of fused-ring (bicyclic) bond motifs is 2. The van der Waals surface area contributed by atoms with Gasteiger partial charge in [0, 0.05) is 32.5 Å². The Hall–Kier alpha value is -4.02. The Bertz CT molecular complexity index is 1480. The number of benzene rings is 4. The molecular weight excluding hydrogens is 592 g/mol. The molecule has 0 aliphatic heterocycles. The lowest BCUT2D eigenvalue weighted by Crippen LogP contribution is -2.26. The van der Waals surface area contributed by atoms with Crippen molar-refractivity contribution in [2.75, 3.05) is 22.9 Å². The normalized spacial score (nSPS) is 12.2. The van der Waals surface area contributed by atoms with E-state index in [1.165, 1.54) is 12.1 Å². The van der Waals surface area contributed by atoms with E-state index in [1.54, 1.807) is 36.4 Å². The van der Waals surface area contributed by atoms with Crippen LogP contribution < -0.4 is 32.4 Å². The Morgan fingerprint density at radius 1 is 0.556 bits per heavy atom. The van der Waals surface area contributed by atoms with Gasteiger partial charge in [0.05, 0.1) is 33.6 Å². The molecule has 0 atom stereocenters. The maximum atomic E-state index is 13.6. The van der Waals surface area contributed by atoms with Gasteiger partial charge in [0.25, 0.3) is 0 Å². The number of rotatable bonds is 4. The third kappa shape index (κ3) is 3.94. The number of carbonyl (C=O) groups is 2. The molecule has 0 heterocycles. The molecule has 36 heavy (non-hydrogen) atoms. The van der Waals surface area contributed by atoms with Crippen molar-refractivity contribution < 1.29 is 19.1 Å². The van der Waals surface area contributed by atoms with Crippen LogP contribution in [-0.4, -0.2) is 11.6 Å². The van der Waals surface area contributed by atoms with Gasteiger partial charge in [0.2, 0.25) is 0 Å². The first-order chi connectivity index (χ1) is 17.2. The highest BCUT2D eigenvalue weighted by atomic mass is 79.9. The van der Waals surface area contributed by atoms with E-state index in [-0.39, 0.29) is 56.5 Å². The Balaban J connectivity index is 1.63. The maximum Gasteiger partial charge on any atom is 0.198 e. The first-order valence-electron chi connectivity index (χ1n) is 10.6. The summed E-state index contributed by atoms with van der Waals surface area (Å²) in [6.45, 7) is 0. The van der Waals surface area contributed by atoms with E-state index in [4.69, 9.17) is 32.4 Å². The number of nitrogen functional groups attached to an aromatic ring is 4. The highest BCUT2D eigenvalue weighted by molar-refractivity contribution is 9.10. The molecule has 10 heteroatoms. The summed E-state index contributed by atoms with van der Waals surface area (Å²) in [4.78, 5) is 27.3. The van der Waals surface area contributed by atoms with Gasteiger partial charge < -0.3 is 32.4 Å². The van der Waals surface area contributed by atoms with Crippen molar-refractivity contribution in [3.05, 3.63) is 91.9 Å². The molecule has 1 aliphatic rings. The first kappa shape index (κ1) is 23.7. The molecule has 0 bridgehead atoms. The molecule has 0 saturated carbocycles. The van der Waals surface area contributed by atoms with Crippen LogP contribution in [0.25, 0.3) is 0 Å². The van der Waals surface area contributed by atoms with Gasteiger partial charge in [-0.1, -0.05) is 44.0 Å². The number of nitrogens with two attached hydrogens (primary N) is 4. The molecular formula is C26H18Br2N4O4. The average Bonchev–Trinajstić information content (AvgIpc) is 2.81. The molecule has 4 aromatic carbocycles. The molecule has 8 nitrogen and oxygen atoms in total. The van der Waals surface area contributed by atoms with E-state index in [9.17, 15) is 9.59 Å². The fraction of sp³-hybridized carbons (Fsp3) is 0. The smallest absolute Gasteiger partial charge is 0.198 e. The van der Waals surface area contributed by atoms with Gasteiger partial charge in [0.15, 0.2) is 23.1 Å². The van der Waals surface area contributed by atoms with E-state index in [0.717, 1.165) is 8.95 Å². The van der Waals surface area contributed by atoms with Gasteiger partial charge in [-0.05, 0) is 36.4 Å². The zero-order chi connectivity index (χ0) is 25.7. The largest absolute Gasteiger partial charge is 0.455 e. The van der Waals surface area contributed by atoms with Crippen molar-refractivity contribution in [2.24, 2.45) is 0 Å². The summed E-state index contributed by atoms with van der Waals surface area (Å²) >= 11 is 6.75. The van der Waals surface area contributed by atoms with Gasteiger partial charge in [-0.3, -0.25) is 9.59 Å². The van der Waals surface area contributed by atoms with E-state index in [2.05, 4.69) is 31.9 Å². The van der Waals surface area contributed by atoms with Crippen molar-refractivity contribution in [1.29, 1.82) is 0 Å². The number of carbonyl (C=O) groups excluding carboxylic acids is 2. The maximum absolute atomic E-state index is 13.6. The fourth-order valence-electron chi connectivity index (χ4n) is 4.08. The fourth-order valence-corrected chi connectivity index (χ4v) is 4.84. The third-order valence-electron chi connectivity index (χ3n) is 5.68. The Labute approximate surface area is 222 Å². The van der Waals surface area contributed by atoms with E-state index >= 15 is 0 Å². The van der Waals surface area contributed by atoms with Crippen LogP contribution in [0.5, 0.6) is 23.0 Å². The number of halogens is 2. The quantitative estimate of drug-likeness (QED) is 0.183.